The van der Waals surface area contributed by atoms with Crippen molar-refractivity contribution in [2.75, 3.05) is 13.2 Å². The summed E-state index contributed by atoms with van der Waals surface area (Å²) in [5.74, 6) is 1.71. The molecular weight excluding hydrogens is 784 g/mol. The highest BCUT2D eigenvalue weighted by molar-refractivity contribution is 5.29. The minimum absolute atomic E-state index is 0.0766. The molecule has 0 radical (unpaired) electrons. The Morgan fingerprint density at radius 2 is 1.40 bits per heavy atom. The molecule has 8 N–H and O–H groups in total. The topological polar surface area (TPSA) is 236 Å². The number of fused-ring (bicyclic) bond motifs is 7. The number of hydrogen-bond acceptors (Lipinski definition) is 16. The van der Waals surface area contributed by atoms with Gasteiger partial charge in [-0.05, 0) is 87.4 Å². The van der Waals surface area contributed by atoms with Crippen LogP contribution in [-0.2, 0) is 37.9 Å². The molecule has 5 heterocycles. The van der Waals surface area contributed by atoms with Crippen LogP contribution in [0.15, 0.2) is 11.6 Å². The summed E-state index contributed by atoms with van der Waals surface area (Å²) in [5.41, 5.74) is 0.708. The summed E-state index contributed by atoms with van der Waals surface area (Å²) < 4.78 is 50.7. The molecule has 0 amide bonds. The molecule has 60 heavy (non-hydrogen) atoms. The summed E-state index contributed by atoms with van der Waals surface area (Å²) >= 11 is 0. The van der Waals surface area contributed by atoms with Gasteiger partial charge in [-0.1, -0.05) is 39.3 Å². The van der Waals surface area contributed by atoms with E-state index in [2.05, 4.69) is 33.8 Å². The first-order valence-electron chi connectivity index (χ1n) is 22.7. The van der Waals surface area contributed by atoms with Gasteiger partial charge in [0.1, 0.15) is 54.9 Å². The van der Waals surface area contributed by atoms with E-state index in [4.69, 9.17) is 37.9 Å². The zero-order chi connectivity index (χ0) is 42.8. The van der Waals surface area contributed by atoms with Gasteiger partial charge in [-0.15, -0.1) is 0 Å². The fourth-order valence-electron chi connectivity index (χ4n) is 13.8. The van der Waals surface area contributed by atoms with Gasteiger partial charge in [0, 0.05) is 24.2 Å². The first kappa shape index (κ1) is 44.3. The van der Waals surface area contributed by atoms with Crippen molar-refractivity contribution in [3.05, 3.63) is 11.6 Å². The fraction of sp³-hybridized carbons (Fsp3) is 0.955. The highest BCUT2D eigenvalue weighted by Gasteiger charge is 2.69. The van der Waals surface area contributed by atoms with Crippen LogP contribution in [0.4, 0.5) is 0 Å². The molecule has 9 rings (SSSR count). The Hall–Kier alpha value is -0.900. The van der Waals surface area contributed by atoms with E-state index in [1.807, 2.05) is 0 Å². The molecule has 8 fully saturated rings. The molecule has 0 aromatic rings. The molecule has 0 bridgehead atoms. The highest BCUT2D eigenvalue weighted by atomic mass is 16.8. The Morgan fingerprint density at radius 1 is 0.683 bits per heavy atom. The van der Waals surface area contributed by atoms with Crippen molar-refractivity contribution in [3.63, 3.8) is 0 Å². The molecule has 5 aliphatic heterocycles. The smallest absolute Gasteiger partial charge is 0.187 e. The van der Waals surface area contributed by atoms with E-state index in [1.165, 1.54) is 6.92 Å². The Kier molecular flexibility index (Phi) is 12.0. The van der Waals surface area contributed by atoms with Crippen LogP contribution in [-0.4, -0.2) is 164 Å². The van der Waals surface area contributed by atoms with Crippen molar-refractivity contribution in [2.24, 2.45) is 46.3 Å². The molecule has 3 saturated carbocycles. The third-order valence-electron chi connectivity index (χ3n) is 17.3. The van der Waals surface area contributed by atoms with Gasteiger partial charge in [0.05, 0.1) is 43.7 Å². The zero-order valence-electron chi connectivity index (χ0n) is 35.8. The van der Waals surface area contributed by atoms with E-state index in [1.54, 1.807) is 6.92 Å². The molecule has 0 aromatic carbocycles. The van der Waals surface area contributed by atoms with Gasteiger partial charge < -0.3 is 78.7 Å². The van der Waals surface area contributed by atoms with Gasteiger partial charge >= 0.3 is 0 Å². The summed E-state index contributed by atoms with van der Waals surface area (Å²) in [5, 5.41) is 86.7. The van der Waals surface area contributed by atoms with Crippen molar-refractivity contribution in [1.29, 1.82) is 0 Å². The molecule has 342 valence electrons. The Labute approximate surface area is 352 Å². The average molecular weight is 855 g/mol. The molecule has 4 aliphatic carbocycles. The number of rotatable bonds is 6. The predicted molar refractivity (Wildman–Crippen MR) is 208 cm³/mol. The Morgan fingerprint density at radius 3 is 2.13 bits per heavy atom. The average Bonchev–Trinajstić information content (AvgIpc) is 3.66. The van der Waals surface area contributed by atoms with Crippen LogP contribution in [0.2, 0.25) is 0 Å². The standard InChI is InChI=1S/C44H70O16/c1-18-9-12-44(54-16-18)19(2)30-28(60-44)15-26-24-8-7-22-13-23(45)14-29(43(22,6)25(24)10-11-42(26,30)5)57-41-38(59-40-35(51)33(49)31(47)20(3)55-40)36(52)37(21(4)56-41)58-39-34(50)32(48)27(46)17-53-39/h7,18-21,23-41,45-52H,8-17H2,1-6H3/t18-,19+,20-,21-,23-,24-,25+,26+,27-,28+,29-,30+,31+,32+,33+,34-,35-,36+,37+,38-,39+,40+,41+,42+,43+,44-/m1/s1. The molecule has 0 unspecified atom stereocenters. The second kappa shape index (κ2) is 16.2. The van der Waals surface area contributed by atoms with Crippen LogP contribution in [0.1, 0.15) is 92.9 Å². The lowest BCUT2D eigenvalue weighted by atomic mass is 9.46. The van der Waals surface area contributed by atoms with Crippen LogP contribution >= 0.6 is 0 Å². The first-order valence-corrected chi connectivity index (χ1v) is 22.7. The number of aliphatic hydroxyl groups is 8. The normalized spacial score (nSPS) is 59.2. The third-order valence-corrected chi connectivity index (χ3v) is 17.3. The molecule has 5 saturated heterocycles. The summed E-state index contributed by atoms with van der Waals surface area (Å²) in [6.07, 6.45) is -11.7. The van der Waals surface area contributed by atoms with Crippen LogP contribution in [0.25, 0.3) is 0 Å². The van der Waals surface area contributed by atoms with Gasteiger partial charge in [0.15, 0.2) is 24.7 Å². The largest absolute Gasteiger partial charge is 0.393 e. The fourth-order valence-corrected chi connectivity index (χ4v) is 13.8. The van der Waals surface area contributed by atoms with Crippen molar-refractivity contribution < 1.29 is 78.7 Å². The van der Waals surface area contributed by atoms with E-state index < -0.39 is 109 Å². The quantitative estimate of drug-likeness (QED) is 0.173. The van der Waals surface area contributed by atoms with E-state index in [9.17, 15) is 40.9 Å². The second-order valence-corrected chi connectivity index (χ2v) is 20.7. The summed E-state index contributed by atoms with van der Waals surface area (Å²) in [7, 11) is 0. The summed E-state index contributed by atoms with van der Waals surface area (Å²) in [6.45, 7) is 12.9. The molecule has 0 aromatic heterocycles. The summed E-state index contributed by atoms with van der Waals surface area (Å²) in [6, 6.07) is 0. The van der Waals surface area contributed by atoms with Gasteiger partial charge in [-0.2, -0.15) is 0 Å². The monoisotopic (exact) mass is 854 g/mol. The number of allylic oxidation sites excluding steroid dienone is 1. The molecular formula is C44H70O16. The number of ether oxygens (including phenoxy) is 8. The van der Waals surface area contributed by atoms with E-state index in [0.717, 1.165) is 50.7 Å². The van der Waals surface area contributed by atoms with Crippen molar-refractivity contribution in [2.45, 2.75) is 203 Å². The third kappa shape index (κ3) is 7.01. The Bertz CT molecular complexity index is 1580. The van der Waals surface area contributed by atoms with Crippen LogP contribution < -0.4 is 0 Å². The molecule has 1 spiro atoms. The number of hydrogen-bond donors (Lipinski definition) is 8. The van der Waals surface area contributed by atoms with E-state index in [0.29, 0.717) is 36.5 Å². The van der Waals surface area contributed by atoms with Gasteiger partial charge in [0.25, 0.3) is 0 Å². The zero-order valence-corrected chi connectivity index (χ0v) is 35.8. The first-order chi connectivity index (χ1) is 28.4. The van der Waals surface area contributed by atoms with Gasteiger partial charge in [-0.25, -0.2) is 0 Å². The predicted octanol–water partition coefficient (Wildman–Crippen LogP) is 0.852. The Balaban J connectivity index is 0.983. The maximum absolute atomic E-state index is 12.1. The van der Waals surface area contributed by atoms with Crippen LogP contribution in [0.3, 0.4) is 0 Å². The van der Waals surface area contributed by atoms with Crippen molar-refractivity contribution in [1.82, 2.24) is 0 Å². The lowest BCUT2D eigenvalue weighted by molar-refractivity contribution is -0.386. The summed E-state index contributed by atoms with van der Waals surface area (Å²) in [4.78, 5) is 0. The maximum atomic E-state index is 12.1. The SMILES string of the molecule is C[C@@H]1CC[C@@]2(OC1)O[C@H]1C[C@H]3[C@@H]4CC=C5C[C@@H](O)C[C@@H](O[C@@H]6O[C@H](C)[C@H](O[C@@H]7OC[C@@H](O)[C@H](O)[C@H]7O)[C@H](O)[C@H]6O[C@@H]6O[C@H](C)[C@H](O)[C@H](O)[C@H]6O)[C@]5(C)[C@H]4CC[C@]3(C)[C@H]1[C@@H]2C. The van der Waals surface area contributed by atoms with Crippen molar-refractivity contribution >= 4 is 0 Å². The maximum Gasteiger partial charge on any atom is 0.187 e. The lowest BCUT2D eigenvalue weighted by Gasteiger charge is -2.60. The van der Waals surface area contributed by atoms with Gasteiger partial charge in [-0.3, -0.25) is 0 Å². The van der Waals surface area contributed by atoms with Crippen LogP contribution in [0.5, 0.6) is 0 Å². The number of aliphatic hydroxyl groups excluding tert-OH is 8. The molecule has 16 heteroatoms. The van der Waals surface area contributed by atoms with Gasteiger partial charge in [0.2, 0.25) is 0 Å². The highest BCUT2D eigenvalue weighted by Crippen LogP contribution is 2.71. The molecule has 16 nitrogen and oxygen atoms in total. The van der Waals surface area contributed by atoms with Crippen molar-refractivity contribution in [3.8, 4) is 0 Å². The van der Waals surface area contributed by atoms with Crippen LogP contribution in [0, 0.1) is 46.3 Å². The van der Waals surface area contributed by atoms with E-state index in [-0.39, 0.29) is 30.0 Å². The molecule has 26 atom stereocenters. The minimum Gasteiger partial charge on any atom is -0.393 e. The second-order valence-electron chi connectivity index (χ2n) is 20.7. The molecule has 9 aliphatic rings. The minimum atomic E-state index is -1.71. The lowest BCUT2D eigenvalue weighted by Crippen LogP contribution is -2.66. The van der Waals surface area contributed by atoms with E-state index >= 15 is 0 Å².